The van der Waals surface area contributed by atoms with Gasteiger partial charge in [0.25, 0.3) is 0 Å². The summed E-state index contributed by atoms with van der Waals surface area (Å²) in [5.41, 5.74) is 7.14. The highest BCUT2D eigenvalue weighted by Gasteiger charge is 2.06. The second-order valence-corrected chi connectivity index (χ2v) is 2.26. The van der Waals surface area contributed by atoms with E-state index in [1.165, 1.54) is 0 Å². The second-order valence-electron chi connectivity index (χ2n) is 2.26. The maximum absolute atomic E-state index is 8.62. The molecule has 1 heterocycles. The van der Waals surface area contributed by atoms with Crippen LogP contribution in [0.15, 0.2) is 6.07 Å². The third-order valence-electron chi connectivity index (χ3n) is 1.30. The van der Waals surface area contributed by atoms with Crippen molar-refractivity contribution in [2.45, 2.75) is 13.0 Å². The Hall–Kier alpha value is -0.870. The molecule has 4 N–H and O–H groups in total. The molecular formula is C6H11N3O. The van der Waals surface area contributed by atoms with Crippen LogP contribution in [0.4, 0.5) is 0 Å². The third-order valence-corrected chi connectivity index (χ3v) is 1.30. The van der Waals surface area contributed by atoms with Crippen LogP contribution in [-0.2, 0) is 0 Å². The van der Waals surface area contributed by atoms with E-state index in [1.54, 1.807) is 0 Å². The number of aryl methyl sites for hydroxylation is 1. The van der Waals surface area contributed by atoms with Gasteiger partial charge in [-0.15, -0.1) is 0 Å². The molecule has 1 unspecified atom stereocenters. The van der Waals surface area contributed by atoms with Crippen LogP contribution in [-0.4, -0.2) is 21.9 Å². The highest BCUT2D eigenvalue weighted by molar-refractivity contribution is 5.10. The topological polar surface area (TPSA) is 74.9 Å². The van der Waals surface area contributed by atoms with Gasteiger partial charge in [0.2, 0.25) is 0 Å². The summed E-state index contributed by atoms with van der Waals surface area (Å²) in [5.74, 6) is 0. The predicted octanol–water partition coefficient (Wildman–Crippen LogP) is -0.290. The molecule has 56 valence electrons. The van der Waals surface area contributed by atoms with Crippen molar-refractivity contribution in [1.82, 2.24) is 10.2 Å². The Balaban J connectivity index is 2.74. The monoisotopic (exact) mass is 141 g/mol. The van der Waals surface area contributed by atoms with Gasteiger partial charge in [-0.3, -0.25) is 5.10 Å². The lowest BCUT2D eigenvalue weighted by Crippen LogP contribution is -2.14. The summed E-state index contributed by atoms with van der Waals surface area (Å²) >= 11 is 0. The molecule has 1 aromatic rings. The first-order chi connectivity index (χ1) is 4.74. The number of aromatic nitrogens is 2. The zero-order valence-electron chi connectivity index (χ0n) is 5.83. The molecule has 4 heteroatoms. The third kappa shape index (κ3) is 1.34. The van der Waals surface area contributed by atoms with Crippen molar-refractivity contribution < 1.29 is 5.11 Å². The maximum atomic E-state index is 8.62. The molecule has 0 radical (unpaired) electrons. The van der Waals surface area contributed by atoms with Gasteiger partial charge in [0, 0.05) is 5.69 Å². The van der Waals surface area contributed by atoms with Gasteiger partial charge in [0.05, 0.1) is 18.3 Å². The number of hydrogen-bond donors (Lipinski definition) is 3. The predicted molar refractivity (Wildman–Crippen MR) is 37.3 cm³/mol. The van der Waals surface area contributed by atoms with Crippen molar-refractivity contribution in [3.8, 4) is 0 Å². The van der Waals surface area contributed by atoms with Gasteiger partial charge in [0.15, 0.2) is 0 Å². The van der Waals surface area contributed by atoms with E-state index < -0.39 is 0 Å². The normalized spacial score (nSPS) is 13.5. The van der Waals surface area contributed by atoms with Crippen molar-refractivity contribution in [2.75, 3.05) is 6.61 Å². The Morgan fingerprint density at radius 3 is 3.00 bits per heavy atom. The minimum absolute atomic E-state index is 0.0652. The van der Waals surface area contributed by atoms with Crippen molar-refractivity contribution >= 4 is 0 Å². The summed E-state index contributed by atoms with van der Waals surface area (Å²) in [6.07, 6.45) is 0. The number of nitrogens with one attached hydrogen (secondary N) is 1. The highest BCUT2D eigenvalue weighted by Crippen LogP contribution is 2.05. The van der Waals surface area contributed by atoms with Crippen molar-refractivity contribution in [3.05, 3.63) is 17.5 Å². The van der Waals surface area contributed by atoms with Crippen molar-refractivity contribution in [3.63, 3.8) is 0 Å². The molecule has 0 aliphatic heterocycles. The maximum Gasteiger partial charge on any atom is 0.0815 e. The number of aliphatic hydroxyl groups is 1. The molecule has 0 saturated carbocycles. The van der Waals surface area contributed by atoms with Gasteiger partial charge in [-0.05, 0) is 13.0 Å². The number of hydrogen-bond acceptors (Lipinski definition) is 3. The summed E-state index contributed by atoms with van der Waals surface area (Å²) in [5, 5.41) is 15.2. The largest absolute Gasteiger partial charge is 0.394 e. The van der Waals surface area contributed by atoms with Gasteiger partial charge in [-0.1, -0.05) is 0 Å². The molecule has 0 aromatic carbocycles. The molecule has 4 nitrogen and oxygen atoms in total. The Kier molecular flexibility index (Phi) is 2.03. The van der Waals surface area contributed by atoms with E-state index in [0.717, 1.165) is 5.69 Å². The van der Waals surface area contributed by atoms with Crippen LogP contribution in [0.2, 0.25) is 0 Å². The molecule has 10 heavy (non-hydrogen) atoms. The van der Waals surface area contributed by atoms with Crippen LogP contribution in [0.25, 0.3) is 0 Å². The second kappa shape index (κ2) is 2.81. The van der Waals surface area contributed by atoms with Gasteiger partial charge < -0.3 is 10.8 Å². The van der Waals surface area contributed by atoms with Gasteiger partial charge in [-0.25, -0.2) is 0 Å². The van der Waals surface area contributed by atoms with Gasteiger partial charge in [-0.2, -0.15) is 5.10 Å². The molecule has 0 saturated heterocycles. The summed E-state index contributed by atoms with van der Waals surface area (Å²) in [6.45, 7) is 1.82. The Morgan fingerprint density at radius 2 is 2.60 bits per heavy atom. The number of nitrogens with two attached hydrogens (primary N) is 1. The van der Waals surface area contributed by atoms with E-state index in [-0.39, 0.29) is 12.6 Å². The van der Waals surface area contributed by atoms with E-state index in [9.17, 15) is 0 Å². The van der Waals surface area contributed by atoms with Gasteiger partial charge >= 0.3 is 0 Å². The molecule has 0 amide bonds. The number of H-pyrrole nitrogens is 1. The average Bonchev–Trinajstić information content (AvgIpc) is 2.34. The molecule has 0 aliphatic rings. The quantitative estimate of drug-likeness (QED) is 0.529. The fourth-order valence-corrected chi connectivity index (χ4v) is 0.723. The molecule has 0 aliphatic carbocycles. The molecule has 0 fully saturated rings. The Morgan fingerprint density at radius 1 is 1.90 bits per heavy atom. The lowest BCUT2D eigenvalue weighted by Gasteiger charge is -2.00. The lowest BCUT2D eigenvalue weighted by molar-refractivity contribution is 0.266. The Bertz CT molecular complexity index is 209. The van der Waals surface area contributed by atoms with E-state index in [4.69, 9.17) is 10.8 Å². The zero-order chi connectivity index (χ0) is 7.56. The minimum Gasteiger partial charge on any atom is -0.394 e. The summed E-state index contributed by atoms with van der Waals surface area (Å²) in [6, 6.07) is 1.46. The van der Waals surface area contributed by atoms with Crippen LogP contribution in [0, 0.1) is 6.92 Å². The number of rotatable bonds is 2. The molecular weight excluding hydrogens is 130 g/mol. The zero-order valence-corrected chi connectivity index (χ0v) is 5.83. The Labute approximate surface area is 59.1 Å². The molecule has 1 aromatic heterocycles. The first-order valence-electron chi connectivity index (χ1n) is 3.12. The number of nitrogens with zero attached hydrogens (tertiary/aromatic N) is 1. The summed E-state index contributed by atoms with van der Waals surface area (Å²) in [7, 11) is 0. The van der Waals surface area contributed by atoms with E-state index in [1.807, 2.05) is 13.0 Å². The van der Waals surface area contributed by atoms with Crippen LogP contribution in [0.1, 0.15) is 17.4 Å². The van der Waals surface area contributed by atoms with E-state index >= 15 is 0 Å². The van der Waals surface area contributed by atoms with E-state index in [0.29, 0.717) is 5.69 Å². The first kappa shape index (κ1) is 7.24. The summed E-state index contributed by atoms with van der Waals surface area (Å²) in [4.78, 5) is 0. The van der Waals surface area contributed by atoms with Crippen LogP contribution in [0.5, 0.6) is 0 Å². The first-order valence-corrected chi connectivity index (χ1v) is 3.12. The highest BCUT2D eigenvalue weighted by atomic mass is 16.3. The van der Waals surface area contributed by atoms with Gasteiger partial charge in [0.1, 0.15) is 0 Å². The molecule has 0 bridgehead atoms. The van der Waals surface area contributed by atoms with Crippen molar-refractivity contribution in [1.29, 1.82) is 0 Å². The standard InChI is InChI=1S/C6H11N3O/c1-4-2-6(9-8-4)5(7)3-10/h2,5,10H,3,7H2,1H3,(H,8,9). The molecule has 0 spiro atoms. The summed E-state index contributed by atoms with van der Waals surface area (Å²) < 4.78 is 0. The van der Waals surface area contributed by atoms with Crippen LogP contribution >= 0.6 is 0 Å². The fourth-order valence-electron chi connectivity index (χ4n) is 0.723. The molecule has 1 rings (SSSR count). The number of aliphatic hydroxyl groups excluding tert-OH is 1. The molecule has 1 atom stereocenters. The van der Waals surface area contributed by atoms with E-state index in [2.05, 4.69) is 10.2 Å². The lowest BCUT2D eigenvalue weighted by atomic mass is 10.2. The number of aromatic amines is 1. The van der Waals surface area contributed by atoms with Crippen LogP contribution < -0.4 is 5.73 Å². The average molecular weight is 141 g/mol. The fraction of sp³-hybridized carbons (Fsp3) is 0.500. The SMILES string of the molecule is Cc1cc(C(N)CO)n[nH]1. The van der Waals surface area contributed by atoms with Crippen molar-refractivity contribution in [2.24, 2.45) is 5.73 Å². The minimum atomic E-state index is -0.357. The smallest absolute Gasteiger partial charge is 0.0815 e. The van der Waals surface area contributed by atoms with Crippen LogP contribution in [0.3, 0.4) is 0 Å².